The molecule has 0 saturated carbocycles. The lowest BCUT2D eigenvalue weighted by atomic mass is 9.98. The van der Waals surface area contributed by atoms with Crippen molar-refractivity contribution in [2.75, 3.05) is 6.61 Å². The fourth-order valence-electron chi connectivity index (χ4n) is 2.46. The van der Waals surface area contributed by atoms with Crippen LogP contribution in [0.25, 0.3) is 0 Å². The minimum absolute atomic E-state index is 0.116. The molecular formula is C17H22O2. The number of esters is 1. The average molecular weight is 258 g/mol. The van der Waals surface area contributed by atoms with Gasteiger partial charge in [-0.2, -0.15) is 0 Å². The van der Waals surface area contributed by atoms with Crippen LogP contribution in [0.5, 0.6) is 0 Å². The van der Waals surface area contributed by atoms with Crippen LogP contribution in [-0.2, 0) is 16.0 Å². The summed E-state index contributed by atoms with van der Waals surface area (Å²) >= 11 is 0. The van der Waals surface area contributed by atoms with Gasteiger partial charge in [0.05, 0.1) is 0 Å². The van der Waals surface area contributed by atoms with Crippen molar-refractivity contribution in [1.82, 2.24) is 0 Å². The van der Waals surface area contributed by atoms with Crippen molar-refractivity contribution in [3.63, 3.8) is 0 Å². The number of hydrogen-bond donors (Lipinski definition) is 0. The minimum Gasteiger partial charge on any atom is -0.458 e. The van der Waals surface area contributed by atoms with Gasteiger partial charge in [0.1, 0.15) is 6.61 Å². The van der Waals surface area contributed by atoms with E-state index in [9.17, 15) is 4.79 Å². The zero-order valence-electron chi connectivity index (χ0n) is 11.7. The maximum absolute atomic E-state index is 11.8. The summed E-state index contributed by atoms with van der Waals surface area (Å²) in [6.07, 6.45) is 6.64. The van der Waals surface area contributed by atoms with E-state index in [1.54, 1.807) is 0 Å². The van der Waals surface area contributed by atoms with Gasteiger partial charge in [-0.05, 0) is 24.0 Å². The Morgan fingerprint density at radius 1 is 1.11 bits per heavy atom. The van der Waals surface area contributed by atoms with E-state index < -0.39 is 0 Å². The van der Waals surface area contributed by atoms with Crippen molar-refractivity contribution in [3.05, 3.63) is 47.0 Å². The Balaban J connectivity index is 1.98. The van der Waals surface area contributed by atoms with Crippen molar-refractivity contribution < 1.29 is 9.53 Å². The standard InChI is InChI=1S/C17H22O2/c1-2-3-4-8-11-15-13-19-17(18)16(15)12-14-9-6-5-7-10-14/h5-7,9-10H,2-4,8,11-13H2,1H3. The van der Waals surface area contributed by atoms with Crippen LogP contribution in [-0.4, -0.2) is 12.6 Å². The highest BCUT2D eigenvalue weighted by Crippen LogP contribution is 2.24. The summed E-state index contributed by atoms with van der Waals surface area (Å²) in [6.45, 7) is 2.72. The number of hydrogen-bond acceptors (Lipinski definition) is 2. The number of ether oxygens (including phenoxy) is 1. The number of carbonyl (C=O) groups is 1. The molecule has 2 nitrogen and oxygen atoms in total. The van der Waals surface area contributed by atoms with E-state index >= 15 is 0 Å². The molecule has 1 aliphatic rings. The van der Waals surface area contributed by atoms with Gasteiger partial charge >= 0.3 is 5.97 Å². The number of carbonyl (C=O) groups excluding carboxylic acids is 1. The summed E-state index contributed by atoms with van der Waals surface area (Å²) in [5.41, 5.74) is 3.29. The largest absolute Gasteiger partial charge is 0.458 e. The molecule has 1 aliphatic heterocycles. The van der Waals surface area contributed by atoms with E-state index in [-0.39, 0.29) is 5.97 Å². The summed E-state index contributed by atoms with van der Waals surface area (Å²) < 4.78 is 5.19. The summed E-state index contributed by atoms with van der Waals surface area (Å²) in [5, 5.41) is 0. The first-order chi connectivity index (χ1) is 9.31. The molecule has 0 fully saturated rings. The van der Waals surface area contributed by atoms with E-state index in [1.165, 1.54) is 30.4 Å². The van der Waals surface area contributed by atoms with Gasteiger partial charge in [-0.1, -0.05) is 56.5 Å². The van der Waals surface area contributed by atoms with Crippen LogP contribution >= 0.6 is 0 Å². The Hall–Kier alpha value is -1.57. The molecule has 0 saturated heterocycles. The lowest BCUT2D eigenvalue weighted by Crippen LogP contribution is -2.02. The molecule has 0 aliphatic carbocycles. The first-order valence-electron chi connectivity index (χ1n) is 7.23. The molecular weight excluding hydrogens is 236 g/mol. The second-order valence-corrected chi connectivity index (χ2v) is 5.13. The van der Waals surface area contributed by atoms with Crippen molar-refractivity contribution in [1.29, 1.82) is 0 Å². The van der Waals surface area contributed by atoms with Crippen molar-refractivity contribution in [2.24, 2.45) is 0 Å². The van der Waals surface area contributed by atoms with Crippen LogP contribution in [0.4, 0.5) is 0 Å². The number of benzene rings is 1. The summed E-state index contributed by atoms with van der Waals surface area (Å²) in [6, 6.07) is 10.1. The molecule has 0 N–H and O–H groups in total. The van der Waals surface area contributed by atoms with Crippen molar-refractivity contribution in [2.45, 2.75) is 45.4 Å². The van der Waals surface area contributed by atoms with Gasteiger partial charge in [-0.25, -0.2) is 4.79 Å². The molecule has 1 aromatic carbocycles. The molecule has 0 radical (unpaired) electrons. The number of rotatable bonds is 7. The van der Waals surface area contributed by atoms with Gasteiger partial charge in [-0.15, -0.1) is 0 Å². The second kappa shape index (κ2) is 7.13. The van der Waals surface area contributed by atoms with Crippen LogP contribution in [0.15, 0.2) is 41.5 Å². The Morgan fingerprint density at radius 2 is 1.89 bits per heavy atom. The molecule has 1 heterocycles. The Kier molecular flexibility index (Phi) is 5.20. The molecule has 0 spiro atoms. The Bertz CT molecular complexity index is 446. The second-order valence-electron chi connectivity index (χ2n) is 5.13. The zero-order valence-corrected chi connectivity index (χ0v) is 11.7. The molecule has 2 rings (SSSR count). The predicted molar refractivity (Wildman–Crippen MR) is 76.9 cm³/mol. The minimum atomic E-state index is -0.116. The quantitative estimate of drug-likeness (QED) is 0.544. The monoisotopic (exact) mass is 258 g/mol. The number of unbranched alkanes of at least 4 members (excludes halogenated alkanes) is 3. The van der Waals surface area contributed by atoms with Gasteiger partial charge < -0.3 is 4.74 Å². The molecule has 102 valence electrons. The van der Waals surface area contributed by atoms with Crippen LogP contribution in [0.3, 0.4) is 0 Å². The van der Waals surface area contributed by atoms with Gasteiger partial charge in [-0.3, -0.25) is 0 Å². The molecule has 0 unspecified atom stereocenters. The smallest absolute Gasteiger partial charge is 0.334 e. The van der Waals surface area contributed by atoms with Crippen molar-refractivity contribution in [3.8, 4) is 0 Å². The average Bonchev–Trinajstić information content (AvgIpc) is 2.78. The summed E-state index contributed by atoms with van der Waals surface area (Å²) in [5.74, 6) is -0.116. The third-order valence-corrected chi connectivity index (χ3v) is 3.61. The molecule has 0 amide bonds. The van der Waals surface area contributed by atoms with Gasteiger partial charge in [0.15, 0.2) is 0 Å². The third-order valence-electron chi connectivity index (χ3n) is 3.61. The Labute approximate surface area is 115 Å². The molecule has 0 bridgehead atoms. The van der Waals surface area contributed by atoms with E-state index in [0.29, 0.717) is 13.0 Å². The molecule has 2 heteroatoms. The molecule has 0 atom stereocenters. The molecule has 1 aromatic rings. The third kappa shape index (κ3) is 3.95. The highest BCUT2D eigenvalue weighted by atomic mass is 16.5. The van der Waals surface area contributed by atoms with E-state index in [1.807, 2.05) is 18.2 Å². The molecule has 19 heavy (non-hydrogen) atoms. The fraction of sp³-hybridized carbons (Fsp3) is 0.471. The fourth-order valence-corrected chi connectivity index (χ4v) is 2.46. The van der Waals surface area contributed by atoms with Gasteiger partial charge in [0, 0.05) is 12.0 Å². The maximum atomic E-state index is 11.8. The predicted octanol–water partition coefficient (Wildman–Crippen LogP) is 4.05. The van der Waals surface area contributed by atoms with Gasteiger partial charge in [0.2, 0.25) is 0 Å². The molecule has 0 aromatic heterocycles. The van der Waals surface area contributed by atoms with Crippen molar-refractivity contribution >= 4 is 5.97 Å². The number of cyclic esters (lactones) is 1. The highest BCUT2D eigenvalue weighted by Gasteiger charge is 2.24. The SMILES string of the molecule is CCCCCCC1=C(Cc2ccccc2)C(=O)OC1. The highest BCUT2D eigenvalue weighted by molar-refractivity contribution is 5.92. The zero-order chi connectivity index (χ0) is 13.5. The normalized spacial score (nSPS) is 14.9. The van der Waals surface area contributed by atoms with E-state index in [0.717, 1.165) is 18.4 Å². The summed E-state index contributed by atoms with van der Waals surface area (Å²) in [4.78, 5) is 11.8. The Morgan fingerprint density at radius 3 is 2.63 bits per heavy atom. The van der Waals surface area contributed by atoms with Gasteiger partial charge in [0.25, 0.3) is 0 Å². The van der Waals surface area contributed by atoms with Crippen LogP contribution in [0.2, 0.25) is 0 Å². The lowest BCUT2D eigenvalue weighted by molar-refractivity contribution is -0.136. The summed E-state index contributed by atoms with van der Waals surface area (Å²) in [7, 11) is 0. The van der Waals surface area contributed by atoms with Crippen LogP contribution < -0.4 is 0 Å². The first-order valence-corrected chi connectivity index (χ1v) is 7.23. The van der Waals surface area contributed by atoms with Crippen LogP contribution in [0.1, 0.15) is 44.6 Å². The van der Waals surface area contributed by atoms with E-state index in [2.05, 4.69) is 19.1 Å². The first kappa shape index (κ1) is 13.9. The maximum Gasteiger partial charge on any atom is 0.334 e. The topological polar surface area (TPSA) is 26.3 Å². The van der Waals surface area contributed by atoms with E-state index in [4.69, 9.17) is 4.74 Å². The van der Waals surface area contributed by atoms with Crippen LogP contribution in [0, 0.1) is 0 Å². The lowest BCUT2D eigenvalue weighted by Gasteiger charge is -2.04.